The van der Waals surface area contributed by atoms with Gasteiger partial charge in [-0.3, -0.25) is 4.90 Å². The first-order valence-electron chi connectivity index (χ1n) is 8.41. The maximum Gasteiger partial charge on any atom is 0.348 e. The molecule has 6 heteroatoms. The molecule has 0 aliphatic carbocycles. The summed E-state index contributed by atoms with van der Waals surface area (Å²) in [6.45, 7) is 1.61. The number of carbonyl (C=O) groups is 1. The third-order valence-corrected chi connectivity index (χ3v) is 4.69. The van der Waals surface area contributed by atoms with Crippen molar-refractivity contribution in [3.63, 3.8) is 0 Å². The third-order valence-electron chi connectivity index (χ3n) is 4.69. The molecule has 0 unspecified atom stereocenters. The van der Waals surface area contributed by atoms with Crippen LogP contribution in [0.1, 0.15) is 24.0 Å². The van der Waals surface area contributed by atoms with Gasteiger partial charge in [0.25, 0.3) is 0 Å². The zero-order valence-corrected chi connectivity index (χ0v) is 14.2. The molecular weight excluding hydrogens is 335 g/mol. The normalized spacial score (nSPS) is 16.6. The van der Waals surface area contributed by atoms with Gasteiger partial charge < -0.3 is 9.84 Å². The predicted molar refractivity (Wildman–Crippen MR) is 93.1 cm³/mol. The summed E-state index contributed by atoms with van der Waals surface area (Å²) in [7, 11) is 0. The summed E-state index contributed by atoms with van der Waals surface area (Å²) in [5.74, 6) is -1.29. The van der Waals surface area contributed by atoms with Gasteiger partial charge in [-0.15, -0.1) is 0 Å². The average Bonchev–Trinajstić information content (AvgIpc) is 2.64. The quantitative estimate of drug-likeness (QED) is 0.893. The van der Waals surface area contributed by atoms with Gasteiger partial charge in [0.05, 0.1) is 11.6 Å². The van der Waals surface area contributed by atoms with Gasteiger partial charge in [0.1, 0.15) is 11.6 Å². The van der Waals surface area contributed by atoms with Crippen molar-refractivity contribution in [2.75, 3.05) is 13.1 Å². The molecule has 1 N–H and O–H groups in total. The van der Waals surface area contributed by atoms with E-state index in [1.807, 2.05) is 18.2 Å². The first-order chi connectivity index (χ1) is 12.5. The topological polar surface area (TPSA) is 73.6 Å². The molecular formula is C20H19FN2O3. The molecule has 1 aliphatic heterocycles. The van der Waals surface area contributed by atoms with Crippen LogP contribution in [0.15, 0.2) is 48.5 Å². The van der Waals surface area contributed by atoms with Crippen molar-refractivity contribution in [2.24, 2.45) is 0 Å². The largest absolute Gasteiger partial charge is 0.478 e. The summed E-state index contributed by atoms with van der Waals surface area (Å²) in [5.41, 5.74) is 0.182. The van der Waals surface area contributed by atoms with Crippen molar-refractivity contribution in [3.8, 4) is 11.8 Å². The lowest BCUT2D eigenvalue weighted by molar-refractivity contribution is -0.159. The molecule has 0 atom stereocenters. The molecule has 0 bridgehead atoms. The van der Waals surface area contributed by atoms with Crippen molar-refractivity contribution in [1.29, 1.82) is 5.26 Å². The molecule has 0 spiro atoms. The first-order valence-corrected chi connectivity index (χ1v) is 8.41. The molecule has 1 fully saturated rings. The van der Waals surface area contributed by atoms with Crippen LogP contribution in [0.5, 0.6) is 5.75 Å². The van der Waals surface area contributed by atoms with Gasteiger partial charge in [-0.2, -0.15) is 5.26 Å². The van der Waals surface area contributed by atoms with Crippen LogP contribution in [0.2, 0.25) is 0 Å². The fourth-order valence-corrected chi connectivity index (χ4v) is 3.20. The number of hydrogen-bond donors (Lipinski definition) is 1. The van der Waals surface area contributed by atoms with Gasteiger partial charge in [0, 0.05) is 38.5 Å². The Balaban J connectivity index is 1.70. The zero-order chi connectivity index (χ0) is 18.6. The zero-order valence-electron chi connectivity index (χ0n) is 14.2. The molecule has 1 saturated heterocycles. The molecule has 0 radical (unpaired) electrons. The highest BCUT2D eigenvalue weighted by Crippen LogP contribution is 2.30. The summed E-state index contributed by atoms with van der Waals surface area (Å²) in [5, 5.41) is 18.9. The highest BCUT2D eigenvalue weighted by Gasteiger charge is 2.44. The number of ether oxygens (including phenoxy) is 1. The second-order valence-corrected chi connectivity index (χ2v) is 6.40. The molecule has 0 aromatic heterocycles. The molecule has 0 saturated carbocycles. The number of carboxylic acids is 1. The highest BCUT2D eigenvalue weighted by molar-refractivity contribution is 5.78. The molecule has 2 aromatic carbocycles. The number of nitrogens with zero attached hydrogens (tertiary/aromatic N) is 2. The van der Waals surface area contributed by atoms with Crippen molar-refractivity contribution < 1.29 is 19.0 Å². The summed E-state index contributed by atoms with van der Waals surface area (Å²) < 4.78 is 19.1. The van der Waals surface area contributed by atoms with Crippen molar-refractivity contribution in [2.45, 2.75) is 25.0 Å². The number of aliphatic carboxylic acids is 1. The Morgan fingerprint density at radius 1 is 1.23 bits per heavy atom. The Hall–Kier alpha value is -2.91. The van der Waals surface area contributed by atoms with E-state index in [9.17, 15) is 19.6 Å². The Morgan fingerprint density at radius 3 is 2.62 bits per heavy atom. The summed E-state index contributed by atoms with van der Waals surface area (Å²) in [4.78, 5) is 14.0. The number of benzene rings is 2. The molecule has 2 aromatic rings. The van der Waals surface area contributed by atoms with E-state index in [1.165, 1.54) is 18.2 Å². The first kappa shape index (κ1) is 17.9. The number of rotatable bonds is 5. The maximum absolute atomic E-state index is 13.4. The number of halogens is 1. The number of carboxylic acid groups (broad SMARTS) is 1. The Morgan fingerprint density at radius 2 is 1.96 bits per heavy atom. The van der Waals surface area contributed by atoms with Gasteiger partial charge in [0.2, 0.25) is 5.60 Å². The van der Waals surface area contributed by atoms with E-state index in [2.05, 4.69) is 11.0 Å². The van der Waals surface area contributed by atoms with E-state index in [0.717, 1.165) is 5.56 Å². The van der Waals surface area contributed by atoms with Gasteiger partial charge in [-0.1, -0.05) is 24.3 Å². The molecule has 26 heavy (non-hydrogen) atoms. The van der Waals surface area contributed by atoms with E-state index in [4.69, 9.17) is 4.74 Å². The lowest BCUT2D eigenvalue weighted by atomic mass is 9.90. The Labute approximate surface area is 151 Å². The second-order valence-electron chi connectivity index (χ2n) is 6.40. The number of nitriles is 1. The van der Waals surface area contributed by atoms with E-state index >= 15 is 0 Å². The van der Waals surface area contributed by atoms with Gasteiger partial charge >= 0.3 is 5.97 Å². The standard InChI is InChI=1S/C20H19FN2O3/c21-17-6-3-7-18(12-17)26-20(19(24)25)8-10-23(11-9-20)14-16-5-2-1-4-15(16)13-22/h1-7,12H,8-11,14H2,(H,24,25). The lowest BCUT2D eigenvalue weighted by Crippen LogP contribution is -2.53. The lowest BCUT2D eigenvalue weighted by Gasteiger charge is -2.39. The van der Waals surface area contributed by atoms with E-state index in [-0.39, 0.29) is 18.6 Å². The fourth-order valence-electron chi connectivity index (χ4n) is 3.20. The minimum Gasteiger partial charge on any atom is -0.478 e. The summed E-state index contributed by atoms with van der Waals surface area (Å²) >= 11 is 0. The minimum absolute atomic E-state index is 0.218. The van der Waals surface area contributed by atoms with Gasteiger partial charge in [-0.25, -0.2) is 9.18 Å². The molecule has 1 heterocycles. The number of likely N-dealkylation sites (tertiary alicyclic amines) is 1. The fraction of sp³-hybridized carbons (Fsp3) is 0.300. The number of piperidine rings is 1. The van der Waals surface area contributed by atoms with Crippen LogP contribution in [0.4, 0.5) is 4.39 Å². The average molecular weight is 354 g/mol. The van der Waals surface area contributed by atoms with Crippen LogP contribution in [-0.2, 0) is 11.3 Å². The van der Waals surface area contributed by atoms with Crippen LogP contribution >= 0.6 is 0 Å². The predicted octanol–water partition coefficient (Wildman–Crippen LogP) is 3.20. The van der Waals surface area contributed by atoms with E-state index < -0.39 is 17.4 Å². The SMILES string of the molecule is N#Cc1ccccc1CN1CCC(Oc2cccc(F)c2)(C(=O)O)CC1. The molecule has 3 rings (SSSR count). The molecule has 5 nitrogen and oxygen atoms in total. The Kier molecular flexibility index (Phi) is 5.19. The van der Waals surface area contributed by atoms with Crippen LogP contribution in [0.25, 0.3) is 0 Å². The molecule has 0 amide bonds. The smallest absolute Gasteiger partial charge is 0.348 e. The Bertz CT molecular complexity index is 839. The van der Waals surface area contributed by atoms with Crippen LogP contribution in [0, 0.1) is 17.1 Å². The third kappa shape index (κ3) is 3.84. The van der Waals surface area contributed by atoms with Crippen molar-refractivity contribution in [3.05, 3.63) is 65.5 Å². The highest BCUT2D eigenvalue weighted by atomic mass is 19.1. The van der Waals surface area contributed by atoms with Crippen LogP contribution < -0.4 is 4.74 Å². The molecule has 1 aliphatic rings. The number of hydrogen-bond acceptors (Lipinski definition) is 4. The monoisotopic (exact) mass is 354 g/mol. The van der Waals surface area contributed by atoms with Crippen LogP contribution in [-0.4, -0.2) is 34.7 Å². The minimum atomic E-state index is -1.36. The van der Waals surface area contributed by atoms with E-state index in [1.54, 1.807) is 12.1 Å². The van der Waals surface area contributed by atoms with Crippen LogP contribution in [0.3, 0.4) is 0 Å². The second kappa shape index (κ2) is 7.54. The summed E-state index contributed by atoms with van der Waals surface area (Å²) in [6, 6.07) is 15.1. The van der Waals surface area contributed by atoms with Crippen molar-refractivity contribution >= 4 is 5.97 Å². The summed E-state index contributed by atoms with van der Waals surface area (Å²) in [6.07, 6.45) is 0.571. The maximum atomic E-state index is 13.4. The van der Waals surface area contributed by atoms with E-state index in [0.29, 0.717) is 25.2 Å². The van der Waals surface area contributed by atoms with Gasteiger partial charge in [0.15, 0.2) is 0 Å². The van der Waals surface area contributed by atoms with Gasteiger partial charge in [-0.05, 0) is 23.8 Å². The van der Waals surface area contributed by atoms with Crippen molar-refractivity contribution in [1.82, 2.24) is 4.90 Å². The molecule has 134 valence electrons.